The normalized spacial score (nSPS) is 16.3. The number of hydrogen-bond donors (Lipinski definition) is 0. The van der Waals surface area contributed by atoms with Crippen molar-refractivity contribution in [2.45, 2.75) is 66.2 Å². The first-order valence-corrected chi connectivity index (χ1v) is 12.9. The molecule has 0 spiro atoms. The molecule has 11 heteroatoms. The predicted octanol–water partition coefficient (Wildman–Crippen LogP) is 4.54. The molecule has 1 unspecified atom stereocenters. The number of amides is 1. The van der Waals surface area contributed by atoms with Crippen LogP contribution in [0.4, 0.5) is 9.18 Å². The van der Waals surface area contributed by atoms with E-state index in [0.717, 1.165) is 24.1 Å². The van der Waals surface area contributed by atoms with Gasteiger partial charge in [-0.25, -0.2) is 24.1 Å². The van der Waals surface area contributed by atoms with Crippen LogP contribution in [0.5, 0.6) is 0 Å². The van der Waals surface area contributed by atoms with Crippen LogP contribution in [0.15, 0.2) is 30.9 Å². The first kappa shape index (κ1) is 25.7. The van der Waals surface area contributed by atoms with Crippen molar-refractivity contribution < 1.29 is 13.9 Å². The molecule has 0 saturated carbocycles. The molecule has 1 saturated heterocycles. The lowest BCUT2D eigenvalue weighted by Crippen LogP contribution is -2.43. The lowest BCUT2D eigenvalue weighted by atomic mass is 9.98. The number of halogens is 1. The molecule has 0 aromatic carbocycles. The second kappa shape index (κ2) is 10.1. The van der Waals surface area contributed by atoms with Crippen LogP contribution in [0.2, 0.25) is 0 Å². The molecule has 0 aliphatic carbocycles. The van der Waals surface area contributed by atoms with Crippen molar-refractivity contribution >= 4 is 17.3 Å². The molecule has 1 aliphatic rings. The number of carbonyl (C=O) groups is 1. The summed E-state index contributed by atoms with van der Waals surface area (Å²) in [7, 11) is 0. The first-order chi connectivity index (χ1) is 18.1. The zero-order valence-electron chi connectivity index (χ0n) is 22.5. The lowest BCUT2D eigenvalue weighted by molar-refractivity contribution is 0.0155. The molecule has 200 valence electrons. The number of likely N-dealkylation sites (tertiary alicyclic amines) is 1. The summed E-state index contributed by atoms with van der Waals surface area (Å²) < 4.78 is 23.5. The number of ether oxygens (including phenoxy) is 1. The second-order valence-electron chi connectivity index (χ2n) is 10.9. The number of imidazole rings is 1. The molecular weight excluding hydrogens is 487 g/mol. The van der Waals surface area contributed by atoms with Crippen molar-refractivity contribution in [3.8, 4) is 11.4 Å². The maximum atomic E-state index is 14.0. The largest absolute Gasteiger partial charge is 0.444 e. The van der Waals surface area contributed by atoms with Gasteiger partial charge in [0.05, 0.1) is 24.6 Å². The lowest BCUT2D eigenvalue weighted by Gasteiger charge is -2.34. The third-order valence-electron chi connectivity index (χ3n) is 6.49. The fourth-order valence-corrected chi connectivity index (χ4v) is 4.92. The Balaban J connectivity index is 1.37. The van der Waals surface area contributed by atoms with Crippen LogP contribution in [0, 0.1) is 25.6 Å². The van der Waals surface area contributed by atoms with E-state index in [0.29, 0.717) is 54.6 Å². The fourth-order valence-electron chi connectivity index (χ4n) is 4.92. The van der Waals surface area contributed by atoms with Crippen molar-refractivity contribution in [3.05, 3.63) is 53.8 Å². The number of fused-ring (bicyclic) bond motifs is 1. The Kier molecular flexibility index (Phi) is 6.85. The van der Waals surface area contributed by atoms with E-state index >= 15 is 0 Å². The minimum absolute atomic E-state index is 0.262. The number of hydrogen-bond acceptors (Lipinski definition) is 7. The maximum Gasteiger partial charge on any atom is 0.410 e. The highest BCUT2D eigenvalue weighted by molar-refractivity contribution is 5.79. The summed E-state index contributed by atoms with van der Waals surface area (Å²) in [5, 5.41) is 4.59. The quantitative estimate of drug-likeness (QED) is 0.381. The van der Waals surface area contributed by atoms with Crippen molar-refractivity contribution in [2.24, 2.45) is 5.92 Å². The van der Waals surface area contributed by atoms with Gasteiger partial charge in [0.2, 0.25) is 0 Å². The maximum absolute atomic E-state index is 14.0. The number of aromatic nitrogens is 7. The zero-order valence-corrected chi connectivity index (χ0v) is 22.5. The molecular formula is C27H33FN8O2. The molecule has 1 aliphatic heterocycles. The first-order valence-electron chi connectivity index (χ1n) is 12.9. The average molecular weight is 521 g/mol. The summed E-state index contributed by atoms with van der Waals surface area (Å²) >= 11 is 0. The number of carbonyl (C=O) groups excluding carboxylic acids is 1. The number of piperidine rings is 1. The van der Waals surface area contributed by atoms with Crippen LogP contribution >= 0.6 is 0 Å². The van der Waals surface area contributed by atoms with Crippen LogP contribution in [-0.4, -0.2) is 64.0 Å². The van der Waals surface area contributed by atoms with Gasteiger partial charge in [0.15, 0.2) is 5.65 Å². The fraction of sp³-hybridized carbons (Fsp3) is 0.481. The summed E-state index contributed by atoms with van der Waals surface area (Å²) in [6, 6.07) is 1.42. The molecule has 0 radical (unpaired) electrons. The van der Waals surface area contributed by atoms with Crippen molar-refractivity contribution in [2.75, 3.05) is 13.1 Å². The molecule has 0 bridgehead atoms. The predicted molar refractivity (Wildman–Crippen MR) is 140 cm³/mol. The third kappa shape index (κ3) is 5.66. The Bertz CT molecular complexity index is 1470. The SMILES string of the molecule is Cc1nc(C)c2nc(-c3cncc(F)c3)n(Cc3cnn(CC4CCCN(C(=O)OC(C)(C)C)C4)c3)c2n1. The molecule has 1 amide bonds. The van der Waals surface area contributed by atoms with Crippen LogP contribution < -0.4 is 0 Å². The van der Waals surface area contributed by atoms with Crippen LogP contribution in [0.1, 0.15) is 50.7 Å². The molecule has 10 nitrogen and oxygen atoms in total. The van der Waals surface area contributed by atoms with E-state index in [1.54, 1.807) is 11.1 Å². The van der Waals surface area contributed by atoms with Crippen LogP contribution in [0.3, 0.4) is 0 Å². The monoisotopic (exact) mass is 520 g/mol. The van der Waals surface area contributed by atoms with Gasteiger partial charge in [0.25, 0.3) is 0 Å². The minimum atomic E-state index is -0.513. The molecule has 1 fully saturated rings. The topological polar surface area (TPSA) is 104 Å². The number of rotatable bonds is 5. The molecule has 38 heavy (non-hydrogen) atoms. The van der Waals surface area contributed by atoms with E-state index in [-0.39, 0.29) is 12.0 Å². The van der Waals surface area contributed by atoms with Gasteiger partial charge < -0.3 is 14.2 Å². The smallest absolute Gasteiger partial charge is 0.410 e. The average Bonchev–Trinajstić information content (AvgIpc) is 3.43. The van der Waals surface area contributed by atoms with E-state index in [2.05, 4.69) is 20.1 Å². The Morgan fingerprint density at radius 1 is 1.16 bits per heavy atom. The van der Waals surface area contributed by atoms with E-state index < -0.39 is 11.4 Å². The summed E-state index contributed by atoms with van der Waals surface area (Å²) in [6.45, 7) is 11.9. The van der Waals surface area contributed by atoms with Crippen LogP contribution in [0.25, 0.3) is 22.6 Å². The van der Waals surface area contributed by atoms with Crippen molar-refractivity contribution in [1.29, 1.82) is 0 Å². The van der Waals surface area contributed by atoms with Gasteiger partial charge in [0, 0.05) is 43.2 Å². The summed E-state index contributed by atoms with van der Waals surface area (Å²) in [5.74, 6) is 1.07. The molecule has 1 atom stereocenters. The van der Waals surface area contributed by atoms with Crippen molar-refractivity contribution in [3.63, 3.8) is 0 Å². The molecule has 5 heterocycles. The summed E-state index contributed by atoms with van der Waals surface area (Å²) in [6.07, 6.45) is 8.29. The Hall–Kier alpha value is -3.89. The Morgan fingerprint density at radius 3 is 2.74 bits per heavy atom. The molecule has 0 N–H and O–H groups in total. The summed E-state index contributed by atoms with van der Waals surface area (Å²) in [5.41, 5.74) is 3.13. The van der Waals surface area contributed by atoms with E-state index in [1.165, 1.54) is 12.3 Å². The summed E-state index contributed by atoms with van der Waals surface area (Å²) in [4.78, 5) is 32.2. The highest BCUT2D eigenvalue weighted by Crippen LogP contribution is 2.27. The van der Waals surface area contributed by atoms with Crippen LogP contribution in [-0.2, 0) is 17.8 Å². The van der Waals surface area contributed by atoms with Gasteiger partial charge in [0.1, 0.15) is 28.6 Å². The second-order valence-corrected chi connectivity index (χ2v) is 10.9. The van der Waals surface area contributed by atoms with E-state index in [4.69, 9.17) is 9.72 Å². The Labute approximate surface area is 220 Å². The van der Waals surface area contributed by atoms with Gasteiger partial charge in [-0.2, -0.15) is 5.10 Å². The van der Waals surface area contributed by atoms with Gasteiger partial charge in [-0.15, -0.1) is 0 Å². The van der Waals surface area contributed by atoms with Gasteiger partial charge in [-0.05, 0) is 59.4 Å². The number of pyridine rings is 1. The highest BCUT2D eigenvalue weighted by Gasteiger charge is 2.28. The van der Waals surface area contributed by atoms with Gasteiger partial charge in [-0.3, -0.25) is 9.67 Å². The highest BCUT2D eigenvalue weighted by atomic mass is 19.1. The minimum Gasteiger partial charge on any atom is -0.444 e. The van der Waals surface area contributed by atoms with E-state index in [1.807, 2.05) is 56.3 Å². The van der Waals surface area contributed by atoms with Crippen molar-refractivity contribution in [1.82, 2.24) is 39.2 Å². The number of nitrogens with zero attached hydrogens (tertiary/aromatic N) is 8. The standard InChI is InChI=1S/C27H33FN8O2/c1-17-23-25(32-18(2)31-17)36(24(33-23)21-9-22(28)12-29-11-21)16-20-10-30-35(15-20)14-19-7-6-8-34(13-19)26(37)38-27(3,4)5/h9-12,15,19H,6-8,13-14,16H2,1-5H3. The third-order valence-corrected chi connectivity index (χ3v) is 6.49. The zero-order chi connectivity index (χ0) is 27.0. The van der Waals surface area contributed by atoms with Gasteiger partial charge in [-0.1, -0.05) is 0 Å². The number of aryl methyl sites for hydroxylation is 2. The van der Waals surface area contributed by atoms with Gasteiger partial charge >= 0.3 is 6.09 Å². The molecule has 4 aromatic rings. The molecule has 5 rings (SSSR count). The van der Waals surface area contributed by atoms with E-state index in [9.17, 15) is 9.18 Å². The molecule has 4 aromatic heterocycles. The Morgan fingerprint density at radius 2 is 1.97 bits per heavy atom.